The zero-order valence-electron chi connectivity index (χ0n) is 9.22. The average molecular weight is 222 g/mol. The predicted octanol–water partition coefficient (Wildman–Crippen LogP) is 1.11. The van der Waals surface area contributed by atoms with Crippen LogP contribution >= 0.6 is 0 Å². The Labute approximate surface area is 94.0 Å². The number of hydrogen-bond donors (Lipinski definition) is 2. The SMILES string of the molecule is Cc1cc(CNC2CNC(=O)C2)ccc1F. The number of nitrogens with one attached hydrogen (secondary N) is 2. The molecular weight excluding hydrogens is 207 g/mol. The second kappa shape index (κ2) is 4.61. The third-order valence-corrected chi connectivity index (χ3v) is 2.79. The van der Waals surface area contributed by atoms with Gasteiger partial charge in [0.1, 0.15) is 5.82 Å². The maximum Gasteiger partial charge on any atom is 0.221 e. The van der Waals surface area contributed by atoms with Gasteiger partial charge < -0.3 is 10.6 Å². The van der Waals surface area contributed by atoms with E-state index in [1.807, 2.05) is 6.07 Å². The summed E-state index contributed by atoms with van der Waals surface area (Å²) in [6.45, 7) is 3.10. The second-order valence-electron chi connectivity index (χ2n) is 4.17. The Kier molecular flexibility index (Phi) is 3.19. The molecular formula is C12H15FN2O. The lowest BCUT2D eigenvalue weighted by Gasteiger charge is -2.10. The first-order valence-corrected chi connectivity index (χ1v) is 5.40. The van der Waals surface area contributed by atoms with E-state index >= 15 is 0 Å². The fourth-order valence-electron chi connectivity index (χ4n) is 1.83. The third-order valence-electron chi connectivity index (χ3n) is 2.79. The van der Waals surface area contributed by atoms with Crippen molar-refractivity contribution in [1.29, 1.82) is 0 Å². The maximum atomic E-state index is 13.0. The summed E-state index contributed by atoms with van der Waals surface area (Å²) in [5.74, 6) is -0.0887. The van der Waals surface area contributed by atoms with Crippen LogP contribution in [0.4, 0.5) is 4.39 Å². The van der Waals surface area contributed by atoms with E-state index in [0.29, 0.717) is 25.1 Å². The van der Waals surface area contributed by atoms with E-state index in [0.717, 1.165) is 5.56 Å². The zero-order chi connectivity index (χ0) is 11.5. The van der Waals surface area contributed by atoms with Crippen LogP contribution in [-0.4, -0.2) is 18.5 Å². The number of rotatable bonds is 3. The minimum absolute atomic E-state index is 0.0905. The van der Waals surface area contributed by atoms with Gasteiger partial charge in [0, 0.05) is 25.6 Å². The molecule has 2 N–H and O–H groups in total. The van der Waals surface area contributed by atoms with Crippen LogP contribution in [0.25, 0.3) is 0 Å². The maximum absolute atomic E-state index is 13.0. The molecule has 1 aromatic rings. The summed E-state index contributed by atoms with van der Waals surface area (Å²) in [7, 11) is 0. The van der Waals surface area contributed by atoms with E-state index in [-0.39, 0.29) is 17.8 Å². The van der Waals surface area contributed by atoms with E-state index in [1.165, 1.54) is 6.07 Å². The van der Waals surface area contributed by atoms with Gasteiger partial charge >= 0.3 is 0 Å². The molecule has 1 amide bonds. The highest BCUT2D eigenvalue weighted by molar-refractivity contribution is 5.78. The van der Waals surface area contributed by atoms with Crippen LogP contribution < -0.4 is 10.6 Å². The molecule has 1 aromatic carbocycles. The van der Waals surface area contributed by atoms with Gasteiger partial charge in [-0.05, 0) is 24.1 Å². The molecule has 0 bridgehead atoms. The molecule has 1 atom stereocenters. The molecule has 1 fully saturated rings. The molecule has 1 aliphatic rings. The minimum Gasteiger partial charge on any atom is -0.354 e. The molecule has 0 radical (unpaired) electrons. The number of halogens is 1. The summed E-state index contributed by atoms with van der Waals surface area (Å²) in [4.78, 5) is 11.0. The largest absolute Gasteiger partial charge is 0.354 e. The standard InChI is InChI=1S/C12H15FN2O/c1-8-4-9(2-3-11(8)13)6-14-10-5-12(16)15-7-10/h2-4,10,14H,5-7H2,1H3,(H,15,16). The normalized spacial score (nSPS) is 19.9. The summed E-state index contributed by atoms with van der Waals surface area (Å²) in [5.41, 5.74) is 1.69. The Bertz CT molecular complexity index is 406. The summed E-state index contributed by atoms with van der Waals surface area (Å²) in [6, 6.07) is 5.26. The molecule has 3 nitrogen and oxygen atoms in total. The van der Waals surface area contributed by atoms with Gasteiger partial charge in [0.25, 0.3) is 0 Å². The van der Waals surface area contributed by atoms with Crippen LogP contribution in [0.3, 0.4) is 0 Å². The van der Waals surface area contributed by atoms with Gasteiger partial charge in [-0.15, -0.1) is 0 Å². The zero-order valence-corrected chi connectivity index (χ0v) is 9.22. The van der Waals surface area contributed by atoms with Gasteiger partial charge in [0.2, 0.25) is 5.91 Å². The van der Waals surface area contributed by atoms with E-state index < -0.39 is 0 Å². The van der Waals surface area contributed by atoms with Crippen LogP contribution in [0.2, 0.25) is 0 Å². The van der Waals surface area contributed by atoms with Crippen LogP contribution in [-0.2, 0) is 11.3 Å². The first-order chi connectivity index (χ1) is 7.65. The molecule has 1 unspecified atom stereocenters. The summed E-state index contributed by atoms with van der Waals surface area (Å²) in [5, 5.41) is 6.03. The quantitative estimate of drug-likeness (QED) is 0.804. The highest BCUT2D eigenvalue weighted by atomic mass is 19.1. The Hall–Kier alpha value is -1.42. The van der Waals surface area contributed by atoms with Gasteiger partial charge in [-0.25, -0.2) is 4.39 Å². The van der Waals surface area contributed by atoms with Crippen LogP contribution in [0.1, 0.15) is 17.5 Å². The Morgan fingerprint density at radius 3 is 3.00 bits per heavy atom. The van der Waals surface area contributed by atoms with Crippen molar-refractivity contribution in [1.82, 2.24) is 10.6 Å². The topological polar surface area (TPSA) is 41.1 Å². The van der Waals surface area contributed by atoms with E-state index in [1.54, 1.807) is 13.0 Å². The van der Waals surface area contributed by atoms with Crippen LogP contribution in [0, 0.1) is 12.7 Å². The number of aryl methyl sites for hydroxylation is 1. The third kappa shape index (κ3) is 2.58. The molecule has 2 rings (SSSR count). The van der Waals surface area contributed by atoms with Crippen molar-refractivity contribution in [2.45, 2.75) is 25.9 Å². The predicted molar refractivity (Wildman–Crippen MR) is 59.4 cm³/mol. The van der Waals surface area contributed by atoms with E-state index in [4.69, 9.17) is 0 Å². The highest BCUT2D eigenvalue weighted by Gasteiger charge is 2.20. The van der Waals surface area contributed by atoms with Gasteiger partial charge in [0.15, 0.2) is 0 Å². The lowest BCUT2D eigenvalue weighted by molar-refractivity contribution is -0.119. The molecule has 16 heavy (non-hydrogen) atoms. The summed E-state index contributed by atoms with van der Waals surface area (Å²) in [6.07, 6.45) is 0.528. The average Bonchev–Trinajstić information content (AvgIpc) is 2.66. The van der Waals surface area contributed by atoms with Crippen LogP contribution in [0.15, 0.2) is 18.2 Å². The Morgan fingerprint density at radius 1 is 1.56 bits per heavy atom. The molecule has 86 valence electrons. The van der Waals surface area contributed by atoms with Crippen LogP contribution in [0.5, 0.6) is 0 Å². The molecule has 1 heterocycles. The lowest BCUT2D eigenvalue weighted by atomic mass is 10.1. The first-order valence-electron chi connectivity index (χ1n) is 5.40. The summed E-state index contributed by atoms with van der Waals surface area (Å²) < 4.78 is 13.0. The fourth-order valence-corrected chi connectivity index (χ4v) is 1.83. The highest BCUT2D eigenvalue weighted by Crippen LogP contribution is 2.09. The smallest absolute Gasteiger partial charge is 0.221 e. The van der Waals surface area contributed by atoms with Gasteiger partial charge in [-0.3, -0.25) is 4.79 Å². The van der Waals surface area contributed by atoms with Gasteiger partial charge in [0.05, 0.1) is 0 Å². The Morgan fingerprint density at radius 2 is 2.38 bits per heavy atom. The number of hydrogen-bond acceptors (Lipinski definition) is 2. The number of benzene rings is 1. The molecule has 4 heteroatoms. The number of amides is 1. The van der Waals surface area contributed by atoms with Gasteiger partial charge in [-0.2, -0.15) is 0 Å². The number of carbonyl (C=O) groups excluding carboxylic acids is 1. The van der Waals surface area contributed by atoms with Gasteiger partial charge in [-0.1, -0.05) is 12.1 Å². The van der Waals surface area contributed by atoms with Crippen molar-refractivity contribution in [3.63, 3.8) is 0 Å². The monoisotopic (exact) mass is 222 g/mol. The lowest BCUT2D eigenvalue weighted by Crippen LogP contribution is -2.30. The van der Waals surface area contributed by atoms with Crippen molar-refractivity contribution in [2.24, 2.45) is 0 Å². The van der Waals surface area contributed by atoms with Crippen molar-refractivity contribution >= 4 is 5.91 Å². The molecule has 0 aromatic heterocycles. The fraction of sp³-hybridized carbons (Fsp3) is 0.417. The summed E-state index contributed by atoms with van der Waals surface area (Å²) >= 11 is 0. The molecule has 0 spiro atoms. The Balaban J connectivity index is 1.89. The van der Waals surface area contributed by atoms with Crippen molar-refractivity contribution in [3.8, 4) is 0 Å². The van der Waals surface area contributed by atoms with Crippen molar-refractivity contribution in [2.75, 3.05) is 6.54 Å². The minimum atomic E-state index is -0.179. The van der Waals surface area contributed by atoms with E-state index in [2.05, 4.69) is 10.6 Å². The molecule has 1 aliphatic heterocycles. The molecule has 0 aliphatic carbocycles. The number of carbonyl (C=O) groups is 1. The first kappa shape index (κ1) is 11.1. The van der Waals surface area contributed by atoms with E-state index in [9.17, 15) is 9.18 Å². The second-order valence-corrected chi connectivity index (χ2v) is 4.17. The van der Waals surface area contributed by atoms with Crippen molar-refractivity contribution in [3.05, 3.63) is 35.1 Å². The molecule has 0 saturated carbocycles. The molecule has 1 saturated heterocycles. The van der Waals surface area contributed by atoms with Crippen molar-refractivity contribution < 1.29 is 9.18 Å².